The summed E-state index contributed by atoms with van der Waals surface area (Å²) >= 11 is 0. The van der Waals surface area contributed by atoms with Crippen molar-refractivity contribution in [1.82, 2.24) is 10.6 Å². The van der Waals surface area contributed by atoms with Gasteiger partial charge in [0.2, 0.25) is 0 Å². The molecule has 0 spiro atoms. The van der Waals surface area contributed by atoms with E-state index in [0.717, 1.165) is 18.0 Å². The van der Waals surface area contributed by atoms with Crippen LogP contribution in [0, 0.1) is 5.92 Å². The Morgan fingerprint density at radius 3 is 2.60 bits per heavy atom. The molecule has 58 valence electrons. The van der Waals surface area contributed by atoms with Gasteiger partial charge in [0.25, 0.3) is 0 Å². The van der Waals surface area contributed by atoms with E-state index >= 15 is 0 Å². The first-order valence-electron chi connectivity index (χ1n) is 4.33. The van der Waals surface area contributed by atoms with Gasteiger partial charge in [-0.25, -0.2) is 0 Å². The number of hydrogen-bond donors (Lipinski definition) is 2. The van der Waals surface area contributed by atoms with E-state index in [1.807, 2.05) is 0 Å². The Hall–Kier alpha value is -0.0800. The Morgan fingerprint density at radius 2 is 2.10 bits per heavy atom. The van der Waals surface area contributed by atoms with Gasteiger partial charge in [-0.3, -0.25) is 0 Å². The van der Waals surface area contributed by atoms with Gasteiger partial charge in [0.05, 0.1) is 0 Å². The van der Waals surface area contributed by atoms with Gasteiger partial charge in [-0.05, 0) is 25.3 Å². The van der Waals surface area contributed by atoms with Crippen LogP contribution in [0.4, 0.5) is 0 Å². The molecule has 2 aliphatic rings. The number of hydrogen-bond acceptors (Lipinski definition) is 2. The molecule has 0 radical (unpaired) electrons. The predicted molar refractivity (Wildman–Crippen MR) is 42.0 cm³/mol. The van der Waals surface area contributed by atoms with Gasteiger partial charge in [0.1, 0.15) is 0 Å². The van der Waals surface area contributed by atoms with Crippen molar-refractivity contribution in [2.45, 2.75) is 31.8 Å². The van der Waals surface area contributed by atoms with Crippen LogP contribution in [-0.4, -0.2) is 25.2 Å². The Bertz CT molecular complexity index is 120. The monoisotopic (exact) mass is 140 g/mol. The fourth-order valence-corrected chi connectivity index (χ4v) is 1.59. The molecule has 1 saturated heterocycles. The van der Waals surface area contributed by atoms with Crippen LogP contribution in [-0.2, 0) is 0 Å². The van der Waals surface area contributed by atoms with E-state index < -0.39 is 0 Å². The van der Waals surface area contributed by atoms with Crippen molar-refractivity contribution in [3.05, 3.63) is 0 Å². The average molecular weight is 140 g/mol. The minimum atomic E-state index is 0.757. The van der Waals surface area contributed by atoms with Crippen molar-refractivity contribution in [3.8, 4) is 0 Å². The molecule has 1 aliphatic heterocycles. The standard InChI is InChI=1S/C8H16N2/c1-6-4-9-5-8(6)10-7-2-3-7/h6-10H,2-5H2,1H3. The molecule has 1 heterocycles. The van der Waals surface area contributed by atoms with Gasteiger partial charge in [0, 0.05) is 18.6 Å². The van der Waals surface area contributed by atoms with Crippen molar-refractivity contribution in [2.75, 3.05) is 13.1 Å². The summed E-state index contributed by atoms with van der Waals surface area (Å²) < 4.78 is 0. The summed E-state index contributed by atoms with van der Waals surface area (Å²) in [6, 6.07) is 1.62. The van der Waals surface area contributed by atoms with Crippen LogP contribution in [0.3, 0.4) is 0 Å². The summed E-state index contributed by atoms with van der Waals surface area (Å²) in [6.45, 7) is 4.70. The molecule has 2 unspecified atom stereocenters. The maximum absolute atomic E-state index is 3.64. The van der Waals surface area contributed by atoms with Crippen LogP contribution >= 0.6 is 0 Å². The highest BCUT2D eigenvalue weighted by molar-refractivity contribution is 4.91. The first-order valence-corrected chi connectivity index (χ1v) is 4.33. The van der Waals surface area contributed by atoms with Crippen molar-refractivity contribution in [2.24, 2.45) is 5.92 Å². The summed E-state index contributed by atoms with van der Waals surface area (Å²) in [5, 5.41) is 7.03. The molecule has 0 bridgehead atoms. The fourth-order valence-electron chi connectivity index (χ4n) is 1.59. The zero-order valence-corrected chi connectivity index (χ0v) is 6.56. The molecule has 0 aromatic heterocycles. The van der Waals surface area contributed by atoms with Crippen LogP contribution in [0.15, 0.2) is 0 Å². The minimum absolute atomic E-state index is 0.757. The molecule has 1 saturated carbocycles. The van der Waals surface area contributed by atoms with Crippen LogP contribution in [0.5, 0.6) is 0 Å². The summed E-state index contributed by atoms with van der Waals surface area (Å²) in [6.07, 6.45) is 2.81. The summed E-state index contributed by atoms with van der Waals surface area (Å²) in [7, 11) is 0. The Morgan fingerprint density at radius 1 is 1.30 bits per heavy atom. The van der Waals surface area contributed by atoms with Crippen molar-refractivity contribution >= 4 is 0 Å². The molecule has 2 heteroatoms. The second kappa shape index (κ2) is 2.51. The molecule has 0 amide bonds. The predicted octanol–water partition coefficient (Wildman–Crippen LogP) is 0.346. The van der Waals surface area contributed by atoms with E-state index in [4.69, 9.17) is 0 Å². The zero-order valence-electron chi connectivity index (χ0n) is 6.56. The van der Waals surface area contributed by atoms with Crippen molar-refractivity contribution in [3.63, 3.8) is 0 Å². The lowest BCUT2D eigenvalue weighted by Crippen LogP contribution is -2.36. The Labute approximate surface area is 62.4 Å². The highest BCUT2D eigenvalue weighted by Crippen LogP contribution is 2.21. The molecular formula is C8H16N2. The van der Waals surface area contributed by atoms with Gasteiger partial charge in [-0.15, -0.1) is 0 Å². The first kappa shape index (κ1) is 6.62. The second-order valence-electron chi connectivity index (χ2n) is 3.68. The van der Waals surface area contributed by atoms with E-state index in [1.165, 1.54) is 25.9 Å². The van der Waals surface area contributed by atoms with E-state index in [-0.39, 0.29) is 0 Å². The number of nitrogens with one attached hydrogen (secondary N) is 2. The summed E-state index contributed by atoms with van der Waals surface area (Å²) in [5.74, 6) is 0.834. The minimum Gasteiger partial charge on any atom is -0.315 e. The fraction of sp³-hybridized carbons (Fsp3) is 1.00. The molecule has 2 atom stereocenters. The molecule has 10 heavy (non-hydrogen) atoms. The van der Waals surface area contributed by atoms with Crippen molar-refractivity contribution in [1.29, 1.82) is 0 Å². The average Bonchev–Trinajstić information content (AvgIpc) is 2.62. The maximum Gasteiger partial charge on any atom is 0.0232 e. The Balaban J connectivity index is 1.79. The molecule has 2 nitrogen and oxygen atoms in total. The quantitative estimate of drug-likeness (QED) is 0.578. The largest absolute Gasteiger partial charge is 0.315 e. The lowest BCUT2D eigenvalue weighted by atomic mass is 10.1. The highest BCUT2D eigenvalue weighted by atomic mass is 15.1. The third-order valence-corrected chi connectivity index (χ3v) is 2.54. The van der Waals surface area contributed by atoms with Gasteiger partial charge in [-0.1, -0.05) is 6.92 Å². The smallest absolute Gasteiger partial charge is 0.0232 e. The molecule has 2 fully saturated rings. The molecule has 2 N–H and O–H groups in total. The molecule has 2 rings (SSSR count). The van der Waals surface area contributed by atoms with E-state index in [1.54, 1.807) is 0 Å². The topological polar surface area (TPSA) is 24.1 Å². The third kappa shape index (κ3) is 1.32. The SMILES string of the molecule is CC1CNCC1NC1CC1. The van der Waals surface area contributed by atoms with E-state index in [9.17, 15) is 0 Å². The molecule has 0 aromatic rings. The van der Waals surface area contributed by atoms with E-state index in [2.05, 4.69) is 17.6 Å². The third-order valence-electron chi connectivity index (χ3n) is 2.54. The zero-order chi connectivity index (χ0) is 6.97. The summed E-state index contributed by atoms with van der Waals surface area (Å²) in [5.41, 5.74) is 0. The van der Waals surface area contributed by atoms with Crippen LogP contribution < -0.4 is 10.6 Å². The number of rotatable bonds is 2. The molecule has 1 aliphatic carbocycles. The van der Waals surface area contributed by atoms with Crippen LogP contribution in [0.1, 0.15) is 19.8 Å². The first-order chi connectivity index (χ1) is 4.86. The van der Waals surface area contributed by atoms with Crippen molar-refractivity contribution < 1.29 is 0 Å². The lowest BCUT2D eigenvalue weighted by molar-refractivity contribution is 0.451. The lowest BCUT2D eigenvalue weighted by Gasteiger charge is -2.14. The van der Waals surface area contributed by atoms with Gasteiger partial charge in [-0.2, -0.15) is 0 Å². The van der Waals surface area contributed by atoms with Crippen LogP contribution in [0.2, 0.25) is 0 Å². The van der Waals surface area contributed by atoms with Crippen LogP contribution in [0.25, 0.3) is 0 Å². The van der Waals surface area contributed by atoms with Gasteiger partial charge in [0.15, 0.2) is 0 Å². The molecular weight excluding hydrogens is 124 g/mol. The Kier molecular flexibility index (Phi) is 1.66. The van der Waals surface area contributed by atoms with E-state index in [0.29, 0.717) is 0 Å². The van der Waals surface area contributed by atoms with Gasteiger partial charge < -0.3 is 10.6 Å². The highest BCUT2D eigenvalue weighted by Gasteiger charge is 2.29. The normalized spacial score (nSPS) is 40.5. The second-order valence-corrected chi connectivity index (χ2v) is 3.68. The summed E-state index contributed by atoms with van der Waals surface area (Å²) in [4.78, 5) is 0. The maximum atomic E-state index is 3.64. The molecule has 0 aromatic carbocycles. The van der Waals surface area contributed by atoms with Gasteiger partial charge >= 0.3 is 0 Å².